The third-order valence-corrected chi connectivity index (χ3v) is 5.37. The van der Waals surface area contributed by atoms with Gasteiger partial charge in [-0.2, -0.15) is 0 Å². The molecule has 0 saturated heterocycles. The predicted molar refractivity (Wildman–Crippen MR) is 84.1 cm³/mol. The third kappa shape index (κ3) is 2.53. The van der Waals surface area contributed by atoms with E-state index in [1.807, 2.05) is 0 Å². The Balaban J connectivity index is 2.33. The molecule has 0 aliphatic rings. The summed E-state index contributed by atoms with van der Waals surface area (Å²) in [4.78, 5) is 4.05. The van der Waals surface area contributed by atoms with Crippen LogP contribution in [-0.4, -0.2) is 30.1 Å². The van der Waals surface area contributed by atoms with E-state index in [-0.39, 0.29) is 26.3 Å². The maximum atomic E-state index is 13.3. The van der Waals surface area contributed by atoms with Crippen molar-refractivity contribution in [2.24, 2.45) is 0 Å². The van der Waals surface area contributed by atoms with Crippen molar-refractivity contribution < 1.29 is 12.8 Å². The Morgan fingerprint density at radius 1 is 1.30 bits per heavy atom. The highest BCUT2D eigenvalue weighted by Gasteiger charge is 2.29. The number of hydrogen-bond donors (Lipinski definition) is 1. The highest BCUT2D eigenvalue weighted by molar-refractivity contribution is 7.91. The number of sulfone groups is 1. The molecular weight excluding hydrogens is 343 g/mol. The quantitative estimate of drug-likeness (QED) is 0.732. The molecule has 0 spiro atoms. The monoisotopic (exact) mass is 354 g/mol. The molecule has 0 fully saturated rings. The van der Waals surface area contributed by atoms with Crippen LogP contribution in [0.4, 0.5) is 10.2 Å². The Kier molecular flexibility index (Phi) is 3.73. The van der Waals surface area contributed by atoms with Crippen molar-refractivity contribution in [3.8, 4) is 0 Å². The largest absolute Gasteiger partial charge is 0.370 e. The summed E-state index contributed by atoms with van der Waals surface area (Å²) in [5.41, 5.74) is 0.837. The Morgan fingerprint density at radius 3 is 2.70 bits per heavy atom. The molecule has 0 aliphatic heterocycles. The Hall–Kier alpha value is -2.19. The van der Waals surface area contributed by atoms with E-state index in [0.29, 0.717) is 5.69 Å². The van der Waals surface area contributed by atoms with Gasteiger partial charge in [0.1, 0.15) is 5.82 Å². The highest BCUT2D eigenvalue weighted by atomic mass is 35.5. The second-order valence-corrected chi connectivity index (χ2v) is 7.14. The van der Waals surface area contributed by atoms with Crippen LogP contribution in [0.1, 0.15) is 5.69 Å². The molecule has 1 N–H and O–H groups in total. The van der Waals surface area contributed by atoms with E-state index in [1.165, 1.54) is 4.52 Å². The van der Waals surface area contributed by atoms with Gasteiger partial charge < -0.3 is 5.32 Å². The Morgan fingerprint density at radius 2 is 2.04 bits per heavy atom. The predicted octanol–water partition coefficient (Wildman–Crippen LogP) is 2.70. The van der Waals surface area contributed by atoms with Crippen molar-refractivity contribution in [3.05, 3.63) is 47.0 Å². The lowest BCUT2D eigenvalue weighted by Gasteiger charge is -2.06. The molecular formula is C14H12ClFN4O2S. The molecule has 9 heteroatoms. The Bertz CT molecular complexity index is 1020. The molecule has 0 atom stereocenters. The van der Waals surface area contributed by atoms with Gasteiger partial charge in [0.05, 0.1) is 9.92 Å². The molecule has 3 aromatic rings. The highest BCUT2D eigenvalue weighted by Crippen LogP contribution is 2.31. The van der Waals surface area contributed by atoms with E-state index in [1.54, 1.807) is 26.2 Å². The van der Waals surface area contributed by atoms with Crippen molar-refractivity contribution in [1.29, 1.82) is 0 Å². The number of rotatable bonds is 3. The molecule has 0 bridgehead atoms. The van der Waals surface area contributed by atoms with E-state index in [0.717, 1.165) is 18.2 Å². The summed E-state index contributed by atoms with van der Waals surface area (Å²) in [5.74, 6) is -0.531. The van der Waals surface area contributed by atoms with E-state index in [4.69, 9.17) is 11.6 Å². The fourth-order valence-corrected chi connectivity index (χ4v) is 3.95. The van der Waals surface area contributed by atoms with Gasteiger partial charge in [-0.1, -0.05) is 11.6 Å². The molecule has 0 unspecified atom stereocenters. The second-order valence-electron chi connectivity index (χ2n) is 4.84. The number of nitrogens with zero attached hydrogens (tertiary/aromatic N) is 3. The first kappa shape index (κ1) is 15.7. The summed E-state index contributed by atoms with van der Waals surface area (Å²) in [6.07, 6.45) is 1.62. The molecule has 6 nitrogen and oxygen atoms in total. The van der Waals surface area contributed by atoms with Gasteiger partial charge in [0.25, 0.3) is 0 Å². The van der Waals surface area contributed by atoms with E-state index in [9.17, 15) is 12.8 Å². The van der Waals surface area contributed by atoms with Crippen LogP contribution in [0.3, 0.4) is 0 Å². The molecule has 0 amide bonds. The van der Waals surface area contributed by atoms with Crippen molar-refractivity contribution in [2.45, 2.75) is 16.7 Å². The Labute approximate surface area is 136 Å². The lowest BCUT2D eigenvalue weighted by Crippen LogP contribution is -2.06. The summed E-state index contributed by atoms with van der Waals surface area (Å²) in [5, 5.41) is 6.64. The first-order valence-corrected chi connectivity index (χ1v) is 8.44. The van der Waals surface area contributed by atoms with E-state index >= 15 is 0 Å². The van der Waals surface area contributed by atoms with Crippen LogP contribution in [-0.2, 0) is 9.84 Å². The molecule has 2 aromatic heterocycles. The number of fused-ring (bicyclic) bond motifs is 1. The average molecular weight is 355 g/mol. The number of halogens is 2. The molecule has 120 valence electrons. The maximum absolute atomic E-state index is 13.3. The minimum atomic E-state index is -3.98. The van der Waals surface area contributed by atoms with Gasteiger partial charge in [0, 0.05) is 18.9 Å². The lowest BCUT2D eigenvalue weighted by atomic mass is 10.3. The van der Waals surface area contributed by atoms with Crippen LogP contribution >= 0.6 is 11.6 Å². The van der Waals surface area contributed by atoms with Gasteiger partial charge >= 0.3 is 0 Å². The van der Waals surface area contributed by atoms with Crippen molar-refractivity contribution in [2.75, 3.05) is 12.4 Å². The molecule has 0 radical (unpaired) electrons. The number of anilines is 1. The SMILES string of the molecule is CNc1nn2ccc(C)nc2c1S(=O)(=O)c1ccc(F)c(Cl)c1. The third-order valence-electron chi connectivity index (χ3n) is 3.29. The number of hydrogen-bond acceptors (Lipinski definition) is 5. The minimum Gasteiger partial charge on any atom is -0.370 e. The number of benzene rings is 1. The van der Waals surface area contributed by atoms with Gasteiger partial charge in [-0.05, 0) is 31.2 Å². The first-order valence-electron chi connectivity index (χ1n) is 6.58. The van der Waals surface area contributed by atoms with Crippen LogP contribution in [0.5, 0.6) is 0 Å². The van der Waals surface area contributed by atoms with E-state index < -0.39 is 15.7 Å². The zero-order valence-corrected chi connectivity index (χ0v) is 13.8. The standard InChI is InChI=1S/C14H12ClFN4O2S/c1-8-5-6-20-14(18-8)12(13(17-2)19-20)23(21,22)9-3-4-11(16)10(15)7-9/h3-7H,1-2H3,(H,17,19). The fraction of sp³-hybridized carbons (Fsp3) is 0.143. The number of aromatic nitrogens is 3. The fourth-order valence-electron chi connectivity index (χ4n) is 2.17. The van der Waals surface area contributed by atoms with Gasteiger partial charge in [-0.15, -0.1) is 5.10 Å². The molecule has 1 aromatic carbocycles. The number of aryl methyl sites for hydroxylation is 1. The zero-order valence-electron chi connectivity index (χ0n) is 12.2. The lowest BCUT2D eigenvalue weighted by molar-refractivity contribution is 0.595. The van der Waals surface area contributed by atoms with Crippen molar-refractivity contribution in [3.63, 3.8) is 0 Å². The summed E-state index contributed by atoms with van der Waals surface area (Å²) in [6.45, 7) is 1.75. The van der Waals surface area contributed by atoms with Gasteiger partial charge in [-0.3, -0.25) is 0 Å². The topological polar surface area (TPSA) is 76.4 Å². The minimum absolute atomic E-state index is 0.0774. The van der Waals surface area contributed by atoms with Crippen LogP contribution in [0.25, 0.3) is 5.65 Å². The second kappa shape index (κ2) is 5.47. The van der Waals surface area contributed by atoms with Crippen molar-refractivity contribution >= 4 is 32.9 Å². The zero-order chi connectivity index (χ0) is 16.8. The van der Waals surface area contributed by atoms with Crippen LogP contribution in [0, 0.1) is 12.7 Å². The van der Waals surface area contributed by atoms with Crippen molar-refractivity contribution in [1.82, 2.24) is 14.6 Å². The smallest absolute Gasteiger partial charge is 0.214 e. The summed E-state index contributed by atoms with van der Waals surface area (Å²) in [6, 6.07) is 4.96. The average Bonchev–Trinajstić information content (AvgIpc) is 2.88. The maximum Gasteiger partial charge on any atom is 0.214 e. The van der Waals surface area contributed by atoms with Gasteiger partial charge in [-0.25, -0.2) is 22.3 Å². The van der Waals surface area contributed by atoms with E-state index in [2.05, 4.69) is 15.4 Å². The van der Waals surface area contributed by atoms with Crippen LogP contribution in [0.15, 0.2) is 40.3 Å². The summed E-state index contributed by atoms with van der Waals surface area (Å²) in [7, 11) is -2.42. The first-order chi connectivity index (χ1) is 10.8. The summed E-state index contributed by atoms with van der Waals surface area (Å²) < 4.78 is 40.6. The molecule has 23 heavy (non-hydrogen) atoms. The van der Waals surface area contributed by atoms with Crippen LogP contribution < -0.4 is 5.32 Å². The van der Waals surface area contributed by atoms with Crippen LogP contribution in [0.2, 0.25) is 5.02 Å². The summed E-state index contributed by atoms with van der Waals surface area (Å²) >= 11 is 5.71. The van der Waals surface area contributed by atoms with Gasteiger partial charge in [0.2, 0.25) is 9.84 Å². The molecule has 2 heterocycles. The van der Waals surface area contributed by atoms with Gasteiger partial charge in [0.15, 0.2) is 16.4 Å². The molecule has 0 saturated carbocycles. The number of nitrogens with one attached hydrogen (secondary N) is 1. The normalized spacial score (nSPS) is 11.8. The molecule has 0 aliphatic carbocycles. The molecule has 3 rings (SSSR count).